The molecule has 0 unspecified atom stereocenters. The minimum absolute atomic E-state index is 0.0768. The summed E-state index contributed by atoms with van der Waals surface area (Å²) < 4.78 is 7.17. The number of aryl methyl sites for hydroxylation is 1. The Morgan fingerprint density at radius 2 is 1.65 bits per heavy atom. The molecule has 0 aliphatic carbocycles. The van der Waals surface area contributed by atoms with Crippen LogP contribution in [0.15, 0.2) is 24.3 Å². The van der Waals surface area contributed by atoms with Gasteiger partial charge in [-0.1, -0.05) is 0 Å². The molecule has 7 nitrogen and oxygen atoms in total. The van der Waals surface area contributed by atoms with Crippen LogP contribution in [0.1, 0.15) is 31.3 Å². The molecule has 1 N–H and O–H groups in total. The average molecular weight is 359 g/mol. The summed E-state index contributed by atoms with van der Waals surface area (Å²) in [5.74, 6) is 0.0932. The number of ether oxygens (including phenoxy) is 1. The smallest absolute Gasteiger partial charge is 0.410 e. The molecule has 140 valence electrons. The number of piperazine rings is 1. The molecule has 1 aliphatic heterocycles. The number of benzene rings is 1. The van der Waals surface area contributed by atoms with Gasteiger partial charge in [0.15, 0.2) is 0 Å². The lowest BCUT2D eigenvalue weighted by molar-refractivity contribution is 0.0139. The second-order valence-corrected chi connectivity index (χ2v) is 7.59. The predicted octanol–water partition coefficient (Wildman–Crippen LogP) is 2.58. The number of carbonyl (C=O) groups is 2. The van der Waals surface area contributed by atoms with Crippen LogP contribution in [0.25, 0.3) is 10.9 Å². The summed E-state index contributed by atoms with van der Waals surface area (Å²) in [6, 6.07) is 6.88. The monoisotopic (exact) mass is 359 g/mol. The molecule has 1 fully saturated rings. The molecule has 3 rings (SSSR count). The number of hydrogen-bond donors (Lipinski definition) is 1. The maximum absolute atomic E-state index is 12.9. The van der Waals surface area contributed by atoms with Crippen molar-refractivity contribution in [3.05, 3.63) is 30.0 Å². The van der Waals surface area contributed by atoms with Gasteiger partial charge in [-0.05, 0) is 39.0 Å². The van der Waals surface area contributed by atoms with Gasteiger partial charge in [-0.2, -0.15) is 0 Å². The van der Waals surface area contributed by atoms with E-state index < -0.39 is 5.60 Å². The number of aromatic nitrogens is 1. The number of amides is 2. The van der Waals surface area contributed by atoms with Crippen LogP contribution < -0.4 is 0 Å². The Hall–Kier alpha value is -2.70. The molecule has 26 heavy (non-hydrogen) atoms. The van der Waals surface area contributed by atoms with Crippen LogP contribution in [0, 0.1) is 0 Å². The molecule has 1 saturated heterocycles. The number of phenols is 1. The second kappa shape index (κ2) is 6.55. The number of aromatic hydroxyl groups is 1. The zero-order valence-corrected chi connectivity index (χ0v) is 15.7. The molecule has 2 amide bonds. The van der Waals surface area contributed by atoms with Gasteiger partial charge < -0.3 is 24.2 Å². The van der Waals surface area contributed by atoms with Crippen molar-refractivity contribution < 1.29 is 19.4 Å². The molecule has 1 aliphatic rings. The molecule has 0 radical (unpaired) electrons. The molecule has 7 heteroatoms. The zero-order valence-electron chi connectivity index (χ0n) is 15.7. The molecule has 2 aromatic rings. The summed E-state index contributed by atoms with van der Waals surface area (Å²) in [6.45, 7) is 7.33. The van der Waals surface area contributed by atoms with Gasteiger partial charge in [-0.25, -0.2) is 4.79 Å². The Bertz CT molecular complexity index is 842. The Balaban J connectivity index is 1.69. The first-order valence-corrected chi connectivity index (χ1v) is 8.71. The molecule has 0 spiro atoms. The third-order valence-corrected chi connectivity index (χ3v) is 4.47. The Kier molecular flexibility index (Phi) is 4.56. The normalized spacial score (nSPS) is 15.4. The molecule has 1 aromatic carbocycles. The van der Waals surface area contributed by atoms with Crippen LogP contribution in [0.5, 0.6) is 5.75 Å². The minimum atomic E-state index is -0.529. The zero-order chi connectivity index (χ0) is 19.1. The van der Waals surface area contributed by atoms with E-state index in [0.717, 1.165) is 10.9 Å². The van der Waals surface area contributed by atoms with E-state index in [1.807, 2.05) is 33.9 Å². The van der Waals surface area contributed by atoms with Crippen LogP contribution >= 0.6 is 0 Å². The predicted molar refractivity (Wildman–Crippen MR) is 98.3 cm³/mol. The maximum atomic E-state index is 12.9. The highest BCUT2D eigenvalue weighted by Gasteiger charge is 2.29. The van der Waals surface area contributed by atoms with Crippen LogP contribution in [0.2, 0.25) is 0 Å². The van der Waals surface area contributed by atoms with Crippen molar-refractivity contribution in [2.45, 2.75) is 26.4 Å². The largest absolute Gasteiger partial charge is 0.508 e. The number of fused-ring (bicyclic) bond motifs is 1. The van der Waals surface area contributed by atoms with Crippen LogP contribution in [-0.2, 0) is 11.8 Å². The minimum Gasteiger partial charge on any atom is -0.508 e. The van der Waals surface area contributed by atoms with Gasteiger partial charge in [0.05, 0.1) is 5.52 Å². The molecular formula is C19H25N3O4. The van der Waals surface area contributed by atoms with Gasteiger partial charge in [0.25, 0.3) is 5.91 Å². The van der Waals surface area contributed by atoms with Gasteiger partial charge in [-0.15, -0.1) is 0 Å². The SMILES string of the molecule is Cn1c(C(=O)N2CCN(C(=O)OC(C)(C)C)CC2)cc2ccc(O)cc21. The van der Waals surface area contributed by atoms with Crippen LogP contribution in [-0.4, -0.2) is 63.3 Å². The van der Waals surface area contributed by atoms with Crippen molar-refractivity contribution in [1.82, 2.24) is 14.4 Å². The first-order valence-electron chi connectivity index (χ1n) is 8.71. The second-order valence-electron chi connectivity index (χ2n) is 7.59. The molecule has 2 heterocycles. The maximum Gasteiger partial charge on any atom is 0.410 e. The lowest BCUT2D eigenvalue weighted by Gasteiger charge is -2.35. The van der Waals surface area contributed by atoms with Gasteiger partial charge in [0.2, 0.25) is 0 Å². The van der Waals surface area contributed by atoms with Crippen molar-refractivity contribution >= 4 is 22.9 Å². The van der Waals surface area contributed by atoms with Gasteiger partial charge >= 0.3 is 6.09 Å². The third kappa shape index (κ3) is 3.61. The Morgan fingerprint density at radius 3 is 2.27 bits per heavy atom. The molecular weight excluding hydrogens is 334 g/mol. The van der Waals surface area contributed by atoms with Crippen molar-refractivity contribution in [3.63, 3.8) is 0 Å². The highest BCUT2D eigenvalue weighted by molar-refractivity contribution is 5.99. The number of nitrogens with zero attached hydrogens (tertiary/aromatic N) is 3. The van der Waals surface area contributed by atoms with Crippen LogP contribution in [0.3, 0.4) is 0 Å². The summed E-state index contributed by atoms with van der Waals surface area (Å²) in [5.41, 5.74) is 0.843. The van der Waals surface area contributed by atoms with E-state index in [9.17, 15) is 14.7 Å². The van der Waals surface area contributed by atoms with Gasteiger partial charge in [0.1, 0.15) is 17.0 Å². The lowest BCUT2D eigenvalue weighted by Crippen LogP contribution is -2.51. The highest BCUT2D eigenvalue weighted by Crippen LogP contribution is 2.24. The Labute approximate surface area is 152 Å². The number of carbonyl (C=O) groups excluding carboxylic acids is 2. The fourth-order valence-corrected chi connectivity index (χ4v) is 3.10. The average Bonchev–Trinajstić information content (AvgIpc) is 2.89. The molecule has 0 bridgehead atoms. The number of rotatable bonds is 1. The standard InChI is InChI=1S/C19H25N3O4/c1-19(2,3)26-18(25)22-9-7-21(8-10-22)17(24)16-11-13-5-6-14(23)12-15(13)20(16)4/h5-6,11-12,23H,7-10H2,1-4H3. The molecule has 0 saturated carbocycles. The van der Waals surface area contributed by atoms with Gasteiger partial charge in [0, 0.05) is 44.7 Å². The van der Waals surface area contributed by atoms with E-state index in [4.69, 9.17) is 4.74 Å². The van der Waals surface area contributed by atoms with Crippen molar-refractivity contribution in [3.8, 4) is 5.75 Å². The summed E-state index contributed by atoms with van der Waals surface area (Å²) in [5, 5.41) is 10.6. The quantitative estimate of drug-likeness (QED) is 0.849. The summed E-state index contributed by atoms with van der Waals surface area (Å²) in [4.78, 5) is 28.4. The van der Waals surface area contributed by atoms with Crippen molar-refractivity contribution in [2.24, 2.45) is 7.05 Å². The van der Waals surface area contributed by atoms with E-state index in [-0.39, 0.29) is 17.7 Å². The first-order chi connectivity index (χ1) is 12.2. The van der Waals surface area contributed by atoms with E-state index in [2.05, 4.69) is 0 Å². The lowest BCUT2D eigenvalue weighted by atomic mass is 10.2. The summed E-state index contributed by atoms with van der Waals surface area (Å²) in [6.07, 6.45) is -0.343. The third-order valence-electron chi connectivity index (χ3n) is 4.47. The van der Waals surface area contributed by atoms with E-state index in [1.165, 1.54) is 0 Å². The highest BCUT2D eigenvalue weighted by atomic mass is 16.6. The van der Waals surface area contributed by atoms with E-state index >= 15 is 0 Å². The number of phenolic OH excluding ortho intramolecular Hbond substituents is 1. The Morgan fingerprint density at radius 1 is 1.04 bits per heavy atom. The summed E-state index contributed by atoms with van der Waals surface area (Å²) in [7, 11) is 1.81. The summed E-state index contributed by atoms with van der Waals surface area (Å²) >= 11 is 0. The first kappa shape index (κ1) is 18.1. The van der Waals surface area contributed by atoms with E-state index in [1.54, 1.807) is 32.6 Å². The fourth-order valence-electron chi connectivity index (χ4n) is 3.10. The molecule has 1 aromatic heterocycles. The van der Waals surface area contributed by atoms with Crippen molar-refractivity contribution in [2.75, 3.05) is 26.2 Å². The fraction of sp³-hybridized carbons (Fsp3) is 0.474. The topological polar surface area (TPSA) is 75.0 Å². The van der Waals surface area contributed by atoms with Crippen LogP contribution in [0.4, 0.5) is 4.79 Å². The molecule has 0 atom stereocenters. The van der Waals surface area contributed by atoms with Gasteiger partial charge in [-0.3, -0.25) is 4.79 Å². The van der Waals surface area contributed by atoms with E-state index in [0.29, 0.717) is 31.9 Å². The number of hydrogen-bond acceptors (Lipinski definition) is 4. The van der Waals surface area contributed by atoms with Crippen molar-refractivity contribution in [1.29, 1.82) is 0 Å².